The van der Waals surface area contributed by atoms with Crippen molar-refractivity contribution < 1.29 is 80.4 Å². The number of carboxylic acids is 1. The van der Waals surface area contributed by atoms with Crippen molar-refractivity contribution in [2.24, 2.45) is 29.6 Å². The van der Waals surface area contributed by atoms with Crippen molar-refractivity contribution >= 4 is 69.1 Å². The van der Waals surface area contributed by atoms with E-state index < -0.39 is 129 Å². The van der Waals surface area contributed by atoms with E-state index in [9.17, 15) is 51.6 Å². The molecule has 1 aliphatic carbocycles. The Hall–Kier alpha value is -5.96. The molecule has 0 bridgehead atoms. The molecule has 1 aromatic carbocycles. The molecule has 26 heteroatoms. The predicted molar refractivity (Wildman–Crippen MR) is 312 cm³/mol. The summed E-state index contributed by atoms with van der Waals surface area (Å²) in [6.07, 6.45) is 0.191. The van der Waals surface area contributed by atoms with Crippen LogP contribution in [0.25, 0.3) is 0 Å². The number of nitrogens with one attached hydrogen (secondary N) is 5. The SMILES string of the molecule is CCC(C)C(C(CC(=O)N1CCCC1C(OC)C(C)C(=O)NC(CC(C)C)C(=O)NS(=O)(=O)C1CC1)OC)N(C)C(=O)C(NC(=O)C(C(C)C)N(C)C(=O)OCc1ccc(NC(=O)C(C)NC(=O)CCOCCOCCC(=O)O)cc1)C(C)C. The van der Waals surface area contributed by atoms with Gasteiger partial charge in [-0.25, -0.2) is 13.2 Å². The maximum absolute atomic E-state index is 14.7. The quantitative estimate of drug-likeness (QED) is 0.0516. The molecule has 1 aromatic rings. The largest absolute Gasteiger partial charge is 0.481 e. The average Bonchev–Trinajstić information content (AvgIpc) is 4.39. The summed E-state index contributed by atoms with van der Waals surface area (Å²) in [6, 6.07) is 1.18. The number of aliphatic carboxylic acids is 1. The summed E-state index contributed by atoms with van der Waals surface area (Å²) < 4.78 is 55.5. The summed E-state index contributed by atoms with van der Waals surface area (Å²) in [5.41, 5.74) is 0.994. The number of ether oxygens (including phenoxy) is 5. The molecule has 84 heavy (non-hydrogen) atoms. The van der Waals surface area contributed by atoms with Crippen LogP contribution in [0.15, 0.2) is 24.3 Å². The number of sulfonamides is 1. The van der Waals surface area contributed by atoms with Crippen LogP contribution in [0.2, 0.25) is 0 Å². The van der Waals surface area contributed by atoms with Crippen molar-refractivity contribution in [3.63, 3.8) is 0 Å². The van der Waals surface area contributed by atoms with Gasteiger partial charge >= 0.3 is 12.1 Å². The predicted octanol–water partition coefficient (Wildman–Crippen LogP) is 3.82. The molecule has 10 atom stereocenters. The maximum Gasteiger partial charge on any atom is 0.410 e. The van der Waals surface area contributed by atoms with Gasteiger partial charge in [-0.15, -0.1) is 0 Å². The number of anilines is 1. The van der Waals surface area contributed by atoms with Crippen molar-refractivity contribution in [3.8, 4) is 0 Å². The van der Waals surface area contributed by atoms with Crippen LogP contribution in [0.3, 0.4) is 0 Å². The van der Waals surface area contributed by atoms with Crippen LogP contribution in [0.5, 0.6) is 0 Å². The molecule has 1 heterocycles. The monoisotopic (exact) mass is 1210 g/mol. The third-order valence-electron chi connectivity index (χ3n) is 15.3. The highest BCUT2D eigenvalue weighted by atomic mass is 32.2. The Morgan fingerprint density at radius 2 is 1.36 bits per heavy atom. The lowest BCUT2D eigenvalue weighted by Gasteiger charge is -2.41. The minimum atomic E-state index is -3.86. The lowest BCUT2D eigenvalue weighted by atomic mass is 9.89. The summed E-state index contributed by atoms with van der Waals surface area (Å²) in [4.78, 5) is 124. The second-order valence-corrected chi connectivity index (χ2v) is 25.1. The number of likely N-dealkylation sites (N-methyl/N-ethyl adjacent to an activating group) is 2. The fourth-order valence-corrected chi connectivity index (χ4v) is 11.5. The van der Waals surface area contributed by atoms with Crippen molar-refractivity contribution in [1.29, 1.82) is 0 Å². The van der Waals surface area contributed by atoms with Crippen LogP contribution < -0.4 is 26.0 Å². The minimum absolute atomic E-state index is 0.00537. The Bertz CT molecular complexity index is 2460. The summed E-state index contributed by atoms with van der Waals surface area (Å²) in [5.74, 6) is -6.46. The molecule has 0 aromatic heterocycles. The fourth-order valence-electron chi connectivity index (χ4n) is 10.2. The number of likely N-dealkylation sites (tertiary alicyclic amines) is 1. The van der Waals surface area contributed by atoms with Gasteiger partial charge in [-0.2, -0.15) is 0 Å². The highest BCUT2D eigenvalue weighted by Crippen LogP contribution is 2.31. The molecule has 0 radical (unpaired) electrons. The first kappa shape index (κ1) is 72.3. The van der Waals surface area contributed by atoms with Gasteiger partial charge in [-0.3, -0.25) is 48.0 Å². The molecule has 1 saturated carbocycles. The third-order valence-corrected chi connectivity index (χ3v) is 17.1. The average molecular weight is 1210 g/mol. The highest BCUT2D eigenvalue weighted by molar-refractivity contribution is 7.90. The van der Waals surface area contributed by atoms with E-state index in [1.807, 2.05) is 27.7 Å². The molecular formula is C58H96N8O17S. The zero-order valence-corrected chi connectivity index (χ0v) is 52.5. The number of hydrogen-bond acceptors (Lipinski definition) is 16. The van der Waals surface area contributed by atoms with Crippen LogP contribution in [0.1, 0.15) is 133 Å². The molecule has 25 nitrogen and oxygen atoms in total. The fraction of sp³-hybridized carbons (Fsp3) is 0.741. The molecule has 10 unspecified atom stereocenters. The number of methoxy groups -OCH3 is 2. The summed E-state index contributed by atoms with van der Waals surface area (Å²) in [5, 5.41) is 19.0. The van der Waals surface area contributed by atoms with Gasteiger partial charge in [0.05, 0.1) is 74.7 Å². The van der Waals surface area contributed by atoms with Crippen LogP contribution in [0.4, 0.5) is 10.5 Å². The van der Waals surface area contributed by atoms with E-state index in [1.54, 1.807) is 70.8 Å². The number of rotatable bonds is 37. The smallest absolute Gasteiger partial charge is 0.410 e. The first-order valence-electron chi connectivity index (χ1n) is 29.2. The number of nitrogens with zero attached hydrogens (tertiary/aromatic N) is 3. The number of carbonyl (C=O) groups is 9. The van der Waals surface area contributed by atoms with E-state index in [0.29, 0.717) is 49.9 Å². The molecule has 1 saturated heterocycles. The van der Waals surface area contributed by atoms with Gasteiger partial charge in [0.25, 0.3) is 5.91 Å². The lowest BCUT2D eigenvalue weighted by molar-refractivity contribution is -0.148. The minimum Gasteiger partial charge on any atom is -0.481 e. The first-order chi connectivity index (χ1) is 39.5. The molecule has 6 N–H and O–H groups in total. The van der Waals surface area contributed by atoms with Gasteiger partial charge in [0.15, 0.2) is 0 Å². The Kier molecular flexibility index (Phi) is 30.0. The molecule has 2 aliphatic rings. The van der Waals surface area contributed by atoms with Crippen molar-refractivity contribution in [3.05, 3.63) is 29.8 Å². The van der Waals surface area contributed by atoms with Crippen molar-refractivity contribution in [1.82, 2.24) is 35.4 Å². The van der Waals surface area contributed by atoms with E-state index in [2.05, 4.69) is 26.0 Å². The highest BCUT2D eigenvalue weighted by Gasteiger charge is 2.45. The van der Waals surface area contributed by atoms with Gasteiger partial charge in [-0.05, 0) is 80.4 Å². The van der Waals surface area contributed by atoms with Crippen LogP contribution >= 0.6 is 0 Å². The van der Waals surface area contributed by atoms with Crippen LogP contribution in [-0.2, 0) is 78.7 Å². The Labute approximate surface area is 496 Å². The number of benzene rings is 1. The lowest BCUT2D eigenvalue weighted by Crippen LogP contribution is -2.60. The standard InChI is InChI=1S/C58H96N8O17S/c1-15-37(8)51(45(79-13)32-47(68)66-26-16-17-44(66)52(80-14)38(9)53(71)61-43(31-34(2)3)55(73)63-84(77,78)42-22-23-42)64(11)57(75)49(35(4)5)62-56(74)50(36(6)7)65(12)58(76)83-33-40-18-20-41(21-19-40)60-54(72)39(10)59-46(67)24-27-81-29-30-82-28-25-48(69)70/h18-21,34-39,42-45,49-52H,15-17,22-33H2,1-14H3,(H,59,67)(H,60,72)(H,61,71)(H,62,74)(H,63,73)(H,69,70). The topological polar surface area (TPSA) is 324 Å². The Morgan fingerprint density at radius 3 is 1.89 bits per heavy atom. The third kappa shape index (κ3) is 22.5. The summed E-state index contributed by atoms with van der Waals surface area (Å²) in [6.45, 7) is 18.6. The second kappa shape index (κ2) is 34.9. The summed E-state index contributed by atoms with van der Waals surface area (Å²) in [7, 11) is 2.12. The summed E-state index contributed by atoms with van der Waals surface area (Å²) >= 11 is 0. The zero-order chi connectivity index (χ0) is 63.2. The molecule has 1 aliphatic heterocycles. The van der Waals surface area contributed by atoms with Gasteiger partial charge in [0.1, 0.15) is 30.8 Å². The molecule has 3 rings (SSSR count). The van der Waals surface area contributed by atoms with Gasteiger partial charge < -0.3 is 59.9 Å². The number of carbonyl (C=O) groups excluding carboxylic acids is 8. The molecule has 2 fully saturated rings. The number of hydrogen-bond donors (Lipinski definition) is 6. The number of carboxylic acid groups (broad SMARTS) is 1. The Morgan fingerprint density at radius 1 is 0.738 bits per heavy atom. The molecule has 8 amide bonds. The second-order valence-electron chi connectivity index (χ2n) is 23.2. The van der Waals surface area contributed by atoms with E-state index in [-0.39, 0.29) is 76.5 Å². The number of amides is 8. The van der Waals surface area contributed by atoms with Crippen LogP contribution in [-0.4, -0.2) is 197 Å². The van der Waals surface area contributed by atoms with E-state index in [4.69, 9.17) is 28.8 Å². The Balaban J connectivity index is 1.64. The van der Waals surface area contributed by atoms with Crippen molar-refractivity contribution in [2.75, 3.05) is 66.6 Å². The first-order valence-corrected chi connectivity index (χ1v) is 30.8. The molecule has 476 valence electrons. The van der Waals surface area contributed by atoms with Gasteiger partial charge in [0.2, 0.25) is 45.5 Å². The maximum atomic E-state index is 14.7. The molecular weight excluding hydrogens is 1110 g/mol. The van der Waals surface area contributed by atoms with E-state index in [0.717, 1.165) is 0 Å². The van der Waals surface area contributed by atoms with Gasteiger partial charge in [-0.1, -0.05) is 80.9 Å². The van der Waals surface area contributed by atoms with Crippen LogP contribution in [0, 0.1) is 29.6 Å². The van der Waals surface area contributed by atoms with Gasteiger partial charge in [0, 0.05) is 47.0 Å². The zero-order valence-electron chi connectivity index (χ0n) is 51.7. The van der Waals surface area contributed by atoms with E-state index in [1.165, 1.54) is 38.0 Å². The van der Waals surface area contributed by atoms with E-state index >= 15 is 0 Å². The van der Waals surface area contributed by atoms with Crippen molar-refractivity contribution in [2.45, 2.75) is 187 Å². The normalized spacial score (nSPS) is 17.6. The molecule has 0 spiro atoms.